The van der Waals surface area contributed by atoms with Crippen molar-refractivity contribution >= 4 is 28.8 Å². The first-order valence-electron chi connectivity index (χ1n) is 10.6. The topological polar surface area (TPSA) is 66.8 Å². The van der Waals surface area contributed by atoms with Gasteiger partial charge in [0.15, 0.2) is 0 Å². The molecule has 1 saturated heterocycles. The second-order valence-electron chi connectivity index (χ2n) is 8.30. The Labute approximate surface area is 195 Å². The highest BCUT2D eigenvalue weighted by molar-refractivity contribution is 7.10. The molecule has 7 heteroatoms. The Bertz CT molecular complexity index is 1170. The highest BCUT2D eigenvalue weighted by atomic mass is 32.1. The maximum atomic E-state index is 13.3. The van der Waals surface area contributed by atoms with Gasteiger partial charge in [-0.3, -0.25) is 9.59 Å². The van der Waals surface area contributed by atoms with E-state index in [1.807, 2.05) is 17.5 Å². The lowest BCUT2D eigenvalue weighted by Crippen LogP contribution is -2.28. The number of aliphatic hydroxyl groups excluding tert-OH is 1. The molecule has 1 aromatic heterocycles. The first kappa shape index (κ1) is 22.7. The average Bonchev–Trinajstić information content (AvgIpc) is 3.42. The number of ketones is 1. The number of amides is 1. The number of hydrogen-bond acceptors (Lipinski definition) is 5. The Morgan fingerprint density at radius 2 is 1.79 bits per heavy atom. The fourth-order valence-corrected chi connectivity index (χ4v) is 4.55. The van der Waals surface area contributed by atoms with Gasteiger partial charge in [-0.15, -0.1) is 11.3 Å². The third kappa shape index (κ3) is 4.83. The number of rotatable bonds is 7. The molecule has 1 unspecified atom stereocenters. The molecule has 0 bridgehead atoms. The molecule has 0 radical (unpaired) electrons. The predicted molar refractivity (Wildman–Crippen MR) is 125 cm³/mol. The Morgan fingerprint density at radius 1 is 1.09 bits per heavy atom. The molecule has 1 aliphatic rings. The lowest BCUT2D eigenvalue weighted by Gasteiger charge is -2.24. The summed E-state index contributed by atoms with van der Waals surface area (Å²) in [7, 11) is 0. The van der Waals surface area contributed by atoms with Crippen LogP contribution in [0.2, 0.25) is 0 Å². The van der Waals surface area contributed by atoms with E-state index in [0.717, 1.165) is 4.88 Å². The predicted octanol–water partition coefficient (Wildman–Crippen LogP) is 5.54. The molecule has 33 heavy (non-hydrogen) atoms. The first-order chi connectivity index (χ1) is 15.8. The van der Waals surface area contributed by atoms with Crippen molar-refractivity contribution in [3.05, 3.63) is 93.4 Å². The van der Waals surface area contributed by atoms with E-state index in [1.165, 1.54) is 28.4 Å². The molecule has 5 nitrogen and oxygen atoms in total. The van der Waals surface area contributed by atoms with Crippen molar-refractivity contribution < 1.29 is 23.8 Å². The fraction of sp³-hybridized carbons (Fsp3) is 0.231. The number of thiophene rings is 1. The van der Waals surface area contributed by atoms with Crippen LogP contribution < -0.4 is 4.74 Å². The van der Waals surface area contributed by atoms with E-state index < -0.39 is 17.7 Å². The van der Waals surface area contributed by atoms with Crippen LogP contribution >= 0.6 is 11.3 Å². The Morgan fingerprint density at radius 3 is 2.39 bits per heavy atom. The minimum atomic E-state index is -0.742. The van der Waals surface area contributed by atoms with E-state index >= 15 is 0 Å². The minimum absolute atomic E-state index is 0.0420. The highest BCUT2D eigenvalue weighted by Gasteiger charge is 2.46. The standard InChI is InChI=1S/C26H24FNO4S/c1-16(2)15-32-20-11-7-18(8-12-20)24(29)22-23(21-4-3-13-33-21)28(26(31)25(22)30)14-17-5-9-19(27)10-6-17/h3-13,16,23,29H,14-15H2,1-2H3/b24-22-. The van der Waals surface area contributed by atoms with Gasteiger partial charge in [-0.05, 0) is 59.3 Å². The number of carbonyl (C=O) groups is 2. The van der Waals surface area contributed by atoms with Gasteiger partial charge in [0.05, 0.1) is 18.2 Å². The largest absolute Gasteiger partial charge is 0.507 e. The Kier molecular flexibility index (Phi) is 6.60. The van der Waals surface area contributed by atoms with E-state index in [0.29, 0.717) is 29.4 Å². The maximum Gasteiger partial charge on any atom is 0.295 e. The molecule has 1 N–H and O–H groups in total. The van der Waals surface area contributed by atoms with Gasteiger partial charge in [0, 0.05) is 17.0 Å². The van der Waals surface area contributed by atoms with Crippen molar-refractivity contribution in [3.63, 3.8) is 0 Å². The molecular formula is C26H24FNO4S. The van der Waals surface area contributed by atoms with E-state index in [9.17, 15) is 19.1 Å². The van der Waals surface area contributed by atoms with Crippen molar-refractivity contribution in [2.75, 3.05) is 6.61 Å². The number of carbonyl (C=O) groups excluding carboxylic acids is 2. The van der Waals surface area contributed by atoms with Crippen LogP contribution in [0.5, 0.6) is 5.75 Å². The number of hydrogen-bond donors (Lipinski definition) is 1. The smallest absolute Gasteiger partial charge is 0.295 e. The second kappa shape index (κ2) is 9.58. The van der Waals surface area contributed by atoms with Crippen LogP contribution in [0, 0.1) is 11.7 Å². The molecule has 1 aliphatic heterocycles. The number of nitrogens with zero attached hydrogens (tertiary/aromatic N) is 1. The third-order valence-corrected chi connectivity index (χ3v) is 6.25. The van der Waals surface area contributed by atoms with Gasteiger partial charge in [-0.2, -0.15) is 0 Å². The van der Waals surface area contributed by atoms with Crippen molar-refractivity contribution in [3.8, 4) is 5.75 Å². The zero-order chi connectivity index (χ0) is 23.5. The summed E-state index contributed by atoms with van der Waals surface area (Å²) in [5, 5.41) is 13.0. The van der Waals surface area contributed by atoms with Crippen LogP contribution in [-0.4, -0.2) is 28.3 Å². The SMILES string of the molecule is CC(C)COc1ccc(/C(O)=C2/C(=O)C(=O)N(Cc3ccc(F)cc3)C2c2cccs2)cc1. The summed E-state index contributed by atoms with van der Waals surface area (Å²) in [6.45, 7) is 4.79. The number of ether oxygens (including phenoxy) is 1. The number of Topliss-reactive ketones (excluding diaryl/α,β-unsaturated/α-hetero) is 1. The van der Waals surface area contributed by atoms with E-state index in [-0.39, 0.29) is 23.7 Å². The van der Waals surface area contributed by atoms with E-state index in [1.54, 1.807) is 36.4 Å². The Balaban J connectivity index is 1.71. The molecule has 0 aliphatic carbocycles. The van der Waals surface area contributed by atoms with Crippen molar-refractivity contribution in [2.24, 2.45) is 5.92 Å². The van der Waals surface area contributed by atoms with Crippen molar-refractivity contribution in [1.82, 2.24) is 4.90 Å². The molecule has 1 amide bonds. The summed E-state index contributed by atoms with van der Waals surface area (Å²) in [5.74, 6) is -1.02. The van der Waals surface area contributed by atoms with Gasteiger partial charge in [0.1, 0.15) is 17.3 Å². The second-order valence-corrected chi connectivity index (χ2v) is 9.28. The minimum Gasteiger partial charge on any atom is -0.507 e. The van der Waals surface area contributed by atoms with Crippen LogP contribution in [0.15, 0.2) is 71.6 Å². The van der Waals surface area contributed by atoms with E-state index in [4.69, 9.17) is 4.74 Å². The van der Waals surface area contributed by atoms with Gasteiger partial charge < -0.3 is 14.7 Å². The molecule has 1 atom stereocenters. The molecule has 170 valence electrons. The summed E-state index contributed by atoms with van der Waals surface area (Å²) >= 11 is 1.40. The highest BCUT2D eigenvalue weighted by Crippen LogP contribution is 2.42. The summed E-state index contributed by atoms with van der Waals surface area (Å²) in [6, 6.07) is 15.5. The average molecular weight is 466 g/mol. The molecule has 2 aromatic carbocycles. The van der Waals surface area contributed by atoms with Crippen molar-refractivity contribution in [2.45, 2.75) is 26.4 Å². The molecule has 0 saturated carbocycles. The molecule has 1 fully saturated rings. The fourth-order valence-electron chi connectivity index (χ4n) is 3.70. The zero-order valence-electron chi connectivity index (χ0n) is 18.3. The normalized spacial score (nSPS) is 17.7. The lowest BCUT2D eigenvalue weighted by molar-refractivity contribution is -0.140. The van der Waals surface area contributed by atoms with Gasteiger partial charge >= 0.3 is 0 Å². The summed E-state index contributed by atoms with van der Waals surface area (Å²) in [6.07, 6.45) is 0. The molecule has 4 rings (SSSR count). The summed E-state index contributed by atoms with van der Waals surface area (Å²) < 4.78 is 19.0. The van der Waals surface area contributed by atoms with Crippen LogP contribution in [-0.2, 0) is 16.1 Å². The van der Waals surface area contributed by atoms with Crippen LogP contribution in [0.1, 0.15) is 35.9 Å². The molecule has 3 aromatic rings. The number of likely N-dealkylation sites (tertiary alicyclic amines) is 1. The monoisotopic (exact) mass is 465 g/mol. The van der Waals surface area contributed by atoms with Crippen molar-refractivity contribution in [1.29, 1.82) is 0 Å². The molecule has 0 spiro atoms. The Hall–Kier alpha value is -3.45. The van der Waals surface area contributed by atoms with Gasteiger partial charge in [-0.1, -0.05) is 32.0 Å². The quantitative estimate of drug-likeness (QED) is 0.282. The molecular weight excluding hydrogens is 441 g/mol. The van der Waals surface area contributed by atoms with Gasteiger partial charge in [0.2, 0.25) is 0 Å². The third-order valence-electron chi connectivity index (χ3n) is 5.33. The van der Waals surface area contributed by atoms with Crippen LogP contribution in [0.3, 0.4) is 0 Å². The number of benzene rings is 2. The van der Waals surface area contributed by atoms with E-state index in [2.05, 4.69) is 13.8 Å². The number of halogens is 1. The summed E-state index contributed by atoms with van der Waals surface area (Å²) in [4.78, 5) is 28.2. The summed E-state index contributed by atoms with van der Waals surface area (Å²) in [5.41, 5.74) is 1.15. The first-order valence-corrected chi connectivity index (χ1v) is 11.5. The van der Waals surface area contributed by atoms with Gasteiger partial charge in [0.25, 0.3) is 11.7 Å². The zero-order valence-corrected chi connectivity index (χ0v) is 19.1. The maximum absolute atomic E-state index is 13.3. The van der Waals surface area contributed by atoms with Crippen LogP contribution in [0.25, 0.3) is 5.76 Å². The van der Waals surface area contributed by atoms with Crippen LogP contribution in [0.4, 0.5) is 4.39 Å². The number of aliphatic hydroxyl groups is 1. The lowest BCUT2D eigenvalue weighted by atomic mass is 9.99. The molecule has 2 heterocycles. The van der Waals surface area contributed by atoms with Gasteiger partial charge in [-0.25, -0.2) is 4.39 Å².